The van der Waals surface area contributed by atoms with Gasteiger partial charge in [0.05, 0.1) is 5.56 Å². The second kappa shape index (κ2) is 6.70. The third kappa shape index (κ3) is 3.92. The number of carbonyl (C=O) groups excluding carboxylic acids is 2. The summed E-state index contributed by atoms with van der Waals surface area (Å²) < 4.78 is 5.56. The lowest BCUT2D eigenvalue weighted by Crippen LogP contribution is -2.30. The lowest BCUT2D eigenvalue weighted by atomic mass is 10.2. The Morgan fingerprint density at radius 1 is 1.19 bits per heavy atom. The Balaban J connectivity index is 2.04. The Labute approximate surface area is 123 Å². The average molecular weight is 283 g/mol. The van der Waals surface area contributed by atoms with Crippen LogP contribution in [0, 0.1) is 6.92 Å². The minimum absolute atomic E-state index is 0.263. The maximum Gasteiger partial charge on any atom is 0.265 e. The Morgan fingerprint density at radius 3 is 2.67 bits per heavy atom. The van der Waals surface area contributed by atoms with E-state index in [9.17, 15) is 9.59 Å². The summed E-state index contributed by atoms with van der Waals surface area (Å²) in [4.78, 5) is 23.0. The van der Waals surface area contributed by atoms with Gasteiger partial charge in [0.15, 0.2) is 12.4 Å². The molecule has 0 radical (unpaired) electrons. The van der Waals surface area contributed by atoms with Crippen molar-refractivity contribution in [2.24, 2.45) is 0 Å². The van der Waals surface area contributed by atoms with Gasteiger partial charge in [-0.15, -0.1) is 0 Å². The summed E-state index contributed by atoms with van der Waals surface area (Å²) in [6.07, 6.45) is 0.00663. The van der Waals surface area contributed by atoms with Crippen LogP contribution in [-0.2, 0) is 4.79 Å². The van der Waals surface area contributed by atoms with Crippen LogP contribution in [0.5, 0.6) is 5.75 Å². The molecule has 0 aliphatic heterocycles. The molecule has 108 valence electrons. The standard InChI is InChI=1S/C17H17NO3/c1-12-6-5-8-15(10-12)18-17(20)13(2)21-16-9-4-3-7-14(16)11-19/h3-11,13H,1-2H3,(H,18,20)/t13-/m1/s1. The number of rotatable bonds is 5. The summed E-state index contributed by atoms with van der Waals surface area (Å²) in [7, 11) is 0. The van der Waals surface area contributed by atoms with E-state index in [1.807, 2.05) is 31.2 Å². The molecule has 0 aromatic heterocycles. The van der Waals surface area contributed by atoms with E-state index in [0.29, 0.717) is 17.6 Å². The molecule has 0 saturated carbocycles. The van der Waals surface area contributed by atoms with E-state index in [4.69, 9.17) is 4.74 Å². The molecule has 0 aliphatic carbocycles. The second-order valence-corrected chi connectivity index (χ2v) is 4.77. The van der Waals surface area contributed by atoms with Gasteiger partial charge in [-0.1, -0.05) is 24.3 Å². The van der Waals surface area contributed by atoms with Crippen molar-refractivity contribution in [3.05, 3.63) is 59.7 Å². The van der Waals surface area contributed by atoms with Crippen LogP contribution in [0.4, 0.5) is 5.69 Å². The molecule has 0 saturated heterocycles. The number of para-hydroxylation sites is 1. The van der Waals surface area contributed by atoms with Crippen molar-refractivity contribution in [2.75, 3.05) is 5.32 Å². The number of hydrogen-bond donors (Lipinski definition) is 1. The molecule has 0 spiro atoms. The van der Waals surface area contributed by atoms with Crippen LogP contribution in [0.1, 0.15) is 22.8 Å². The minimum atomic E-state index is -0.702. The molecule has 2 aromatic carbocycles. The first-order valence-electron chi connectivity index (χ1n) is 6.68. The van der Waals surface area contributed by atoms with Crippen molar-refractivity contribution in [1.82, 2.24) is 0 Å². The van der Waals surface area contributed by atoms with Crippen molar-refractivity contribution in [3.8, 4) is 5.75 Å². The summed E-state index contributed by atoms with van der Waals surface area (Å²) in [6.45, 7) is 3.60. The molecule has 4 heteroatoms. The lowest BCUT2D eigenvalue weighted by Gasteiger charge is -2.16. The van der Waals surface area contributed by atoms with Gasteiger partial charge in [0.1, 0.15) is 5.75 Å². The summed E-state index contributed by atoms with van der Waals surface area (Å²) >= 11 is 0. The third-order valence-corrected chi connectivity index (χ3v) is 3.00. The third-order valence-electron chi connectivity index (χ3n) is 3.00. The first kappa shape index (κ1) is 14.8. The molecule has 0 aliphatic rings. The molecule has 1 atom stereocenters. The van der Waals surface area contributed by atoms with Gasteiger partial charge in [-0.3, -0.25) is 9.59 Å². The van der Waals surface area contributed by atoms with Gasteiger partial charge in [0.2, 0.25) is 0 Å². The maximum absolute atomic E-state index is 12.1. The van der Waals surface area contributed by atoms with Crippen molar-refractivity contribution >= 4 is 17.9 Å². The number of carbonyl (C=O) groups is 2. The number of amides is 1. The zero-order valence-corrected chi connectivity index (χ0v) is 12.0. The van der Waals surface area contributed by atoms with Crippen LogP contribution in [0.15, 0.2) is 48.5 Å². The van der Waals surface area contributed by atoms with Crippen LogP contribution in [-0.4, -0.2) is 18.3 Å². The van der Waals surface area contributed by atoms with Crippen molar-refractivity contribution in [1.29, 1.82) is 0 Å². The minimum Gasteiger partial charge on any atom is -0.480 e. The van der Waals surface area contributed by atoms with Crippen LogP contribution < -0.4 is 10.1 Å². The van der Waals surface area contributed by atoms with Crippen LogP contribution >= 0.6 is 0 Å². The van der Waals surface area contributed by atoms with Crippen molar-refractivity contribution < 1.29 is 14.3 Å². The monoisotopic (exact) mass is 283 g/mol. The molecule has 1 N–H and O–H groups in total. The SMILES string of the molecule is Cc1cccc(NC(=O)[C@@H](C)Oc2ccccc2C=O)c1. The molecule has 0 unspecified atom stereocenters. The molecule has 4 nitrogen and oxygen atoms in total. The number of ether oxygens (including phenoxy) is 1. The fourth-order valence-corrected chi connectivity index (χ4v) is 1.90. The quantitative estimate of drug-likeness (QED) is 0.857. The fraction of sp³-hybridized carbons (Fsp3) is 0.176. The molecule has 0 heterocycles. The molecule has 0 bridgehead atoms. The smallest absolute Gasteiger partial charge is 0.265 e. The maximum atomic E-state index is 12.1. The summed E-state index contributed by atoms with van der Waals surface area (Å²) in [5.41, 5.74) is 2.21. The van der Waals surface area contributed by atoms with Gasteiger partial charge in [0, 0.05) is 5.69 Å². The molecule has 2 rings (SSSR count). The van der Waals surface area contributed by atoms with E-state index >= 15 is 0 Å². The number of benzene rings is 2. The van der Waals surface area contributed by atoms with Crippen LogP contribution in [0.3, 0.4) is 0 Å². The summed E-state index contributed by atoms with van der Waals surface area (Å²) in [5.74, 6) is 0.140. The zero-order chi connectivity index (χ0) is 15.2. The van der Waals surface area contributed by atoms with E-state index in [-0.39, 0.29) is 5.91 Å². The summed E-state index contributed by atoms with van der Waals surface area (Å²) in [5, 5.41) is 2.79. The van der Waals surface area contributed by atoms with E-state index in [1.165, 1.54) is 0 Å². The van der Waals surface area contributed by atoms with Gasteiger partial charge >= 0.3 is 0 Å². The number of aldehydes is 1. The van der Waals surface area contributed by atoms with E-state index in [2.05, 4.69) is 5.32 Å². The number of nitrogens with one attached hydrogen (secondary N) is 1. The van der Waals surface area contributed by atoms with Gasteiger partial charge < -0.3 is 10.1 Å². The molecule has 0 fully saturated rings. The fourth-order valence-electron chi connectivity index (χ4n) is 1.90. The Morgan fingerprint density at radius 2 is 1.95 bits per heavy atom. The molecule has 1 amide bonds. The van der Waals surface area contributed by atoms with Crippen LogP contribution in [0.2, 0.25) is 0 Å². The highest BCUT2D eigenvalue weighted by Crippen LogP contribution is 2.18. The summed E-state index contributed by atoms with van der Waals surface area (Å²) in [6, 6.07) is 14.3. The van der Waals surface area contributed by atoms with Crippen molar-refractivity contribution in [2.45, 2.75) is 20.0 Å². The highest BCUT2D eigenvalue weighted by Gasteiger charge is 2.16. The Kier molecular flexibility index (Phi) is 4.72. The normalized spacial score (nSPS) is 11.5. The Hall–Kier alpha value is -2.62. The molecular formula is C17H17NO3. The van der Waals surface area contributed by atoms with Gasteiger partial charge in [-0.05, 0) is 43.7 Å². The van der Waals surface area contributed by atoms with E-state index < -0.39 is 6.10 Å². The first-order chi connectivity index (χ1) is 10.1. The van der Waals surface area contributed by atoms with Gasteiger partial charge in [0.25, 0.3) is 5.91 Å². The number of aryl methyl sites for hydroxylation is 1. The molecular weight excluding hydrogens is 266 g/mol. The zero-order valence-electron chi connectivity index (χ0n) is 12.0. The van der Waals surface area contributed by atoms with Crippen molar-refractivity contribution in [3.63, 3.8) is 0 Å². The van der Waals surface area contributed by atoms with Gasteiger partial charge in [-0.2, -0.15) is 0 Å². The Bertz CT molecular complexity index is 652. The highest BCUT2D eigenvalue weighted by atomic mass is 16.5. The highest BCUT2D eigenvalue weighted by molar-refractivity contribution is 5.94. The first-order valence-corrected chi connectivity index (χ1v) is 6.68. The predicted molar refractivity (Wildman–Crippen MR) is 81.7 cm³/mol. The lowest BCUT2D eigenvalue weighted by molar-refractivity contribution is -0.122. The number of hydrogen-bond acceptors (Lipinski definition) is 3. The predicted octanol–water partition coefficient (Wildman–Crippen LogP) is 3.21. The van der Waals surface area contributed by atoms with Crippen LogP contribution in [0.25, 0.3) is 0 Å². The number of anilines is 1. The largest absolute Gasteiger partial charge is 0.480 e. The molecule has 2 aromatic rings. The average Bonchev–Trinajstić information content (AvgIpc) is 2.47. The molecule has 21 heavy (non-hydrogen) atoms. The second-order valence-electron chi connectivity index (χ2n) is 4.77. The topological polar surface area (TPSA) is 55.4 Å². The van der Waals surface area contributed by atoms with E-state index in [0.717, 1.165) is 11.3 Å². The van der Waals surface area contributed by atoms with Gasteiger partial charge in [-0.25, -0.2) is 0 Å². The van der Waals surface area contributed by atoms with E-state index in [1.54, 1.807) is 31.2 Å².